The molecule has 2 aliphatic heterocycles. The molecule has 2 aromatic rings. The number of aliphatic imine (C=N–C) groups is 1. The number of morpholine rings is 1. The third kappa shape index (κ3) is 4.31. The fraction of sp³-hybridized carbons (Fsp3) is 0.409. The highest BCUT2D eigenvalue weighted by Crippen LogP contribution is 2.24. The molecule has 142 valence electrons. The lowest BCUT2D eigenvalue weighted by Gasteiger charge is -2.36. The average molecular weight is 364 g/mol. The summed E-state index contributed by atoms with van der Waals surface area (Å²) in [4.78, 5) is 9.41. The molecule has 0 amide bonds. The Kier molecular flexibility index (Phi) is 5.70. The van der Waals surface area contributed by atoms with E-state index in [1.165, 1.54) is 11.1 Å². The number of fused-ring (bicyclic) bond motifs is 1. The highest BCUT2D eigenvalue weighted by atomic mass is 16.5. The monoisotopic (exact) mass is 364 g/mol. The molecular formula is C22H28N4O. The van der Waals surface area contributed by atoms with Crippen molar-refractivity contribution in [2.45, 2.75) is 25.2 Å². The zero-order valence-corrected chi connectivity index (χ0v) is 15.9. The molecule has 2 fully saturated rings. The second-order valence-electron chi connectivity index (χ2n) is 7.22. The van der Waals surface area contributed by atoms with Crippen LogP contribution in [-0.4, -0.2) is 61.2 Å². The average Bonchev–Trinajstić information content (AvgIpc) is 3.15. The van der Waals surface area contributed by atoms with Gasteiger partial charge in [0.05, 0.1) is 18.8 Å². The largest absolute Gasteiger partial charge is 0.373 e. The predicted octanol–water partition coefficient (Wildman–Crippen LogP) is 2.35. The van der Waals surface area contributed by atoms with E-state index < -0.39 is 0 Å². The maximum absolute atomic E-state index is 6.09. The van der Waals surface area contributed by atoms with E-state index >= 15 is 0 Å². The Hall–Kier alpha value is -2.37. The van der Waals surface area contributed by atoms with E-state index in [2.05, 4.69) is 74.7 Å². The fourth-order valence-electron chi connectivity index (χ4n) is 4.05. The van der Waals surface area contributed by atoms with Crippen LogP contribution in [0.5, 0.6) is 0 Å². The van der Waals surface area contributed by atoms with Crippen LogP contribution in [0.2, 0.25) is 0 Å². The first-order valence-electron chi connectivity index (χ1n) is 9.72. The number of hydrogen-bond acceptors (Lipinski definition) is 3. The maximum Gasteiger partial charge on any atom is 0.194 e. The molecule has 5 nitrogen and oxygen atoms in total. The van der Waals surface area contributed by atoms with Crippen molar-refractivity contribution in [2.24, 2.45) is 4.99 Å². The highest BCUT2D eigenvalue weighted by molar-refractivity contribution is 5.80. The van der Waals surface area contributed by atoms with Gasteiger partial charge in [-0.15, -0.1) is 0 Å². The Morgan fingerprint density at radius 1 is 1.04 bits per heavy atom. The molecule has 0 aromatic heterocycles. The van der Waals surface area contributed by atoms with Crippen LogP contribution in [0.15, 0.2) is 65.7 Å². The van der Waals surface area contributed by atoms with Crippen molar-refractivity contribution in [1.29, 1.82) is 0 Å². The van der Waals surface area contributed by atoms with Crippen LogP contribution in [-0.2, 0) is 17.8 Å². The van der Waals surface area contributed by atoms with Gasteiger partial charge in [-0.2, -0.15) is 0 Å². The molecule has 0 spiro atoms. The van der Waals surface area contributed by atoms with Crippen LogP contribution in [0.1, 0.15) is 11.1 Å². The smallest absolute Gasteiger partial charge is 0.194 e. The summed E-state index contributed by atoms with van der Waals surface area (Å²) in [5, 5.41) is 3.50. The Morgan fingerprint density at radius 2 is 1.74 bits per heavy atom. The van der Waals surface area contributed by atoms with Crippen molar-refractivity contribution in [2.75, 3.05) is 33.3 Å². The van der Waals surface area contributed by atoms with Crippen LogP contribution >= 0.6 is 0 Å². The van der Waals surface area contributed by atoms with Gasteiger partial charge in [-0.1, -0.05) is 60.7 Å². The summed E-state index contributed by atoms with van der Waals surface area (Å²) in [7, 11) is 1.86. The highest BCUT2D eigenvalue weighted by Gasteiger charge is 2.41. The van der Waals surface area contributed by atoms with Gasteiger partial charge in [0, 0.05) is 39.8 Å². The summed E-state index contributed by atoms with van der Waals surface area (Å²) in [5.74, 6) is 0.955. The quantitative estimate of drug-likeness (QED) is 0.668. The van der Waals surface area contributed by atoms with E-state index in [1.807, 2.05) is 13.1 Å². The van der Waals surface area contributed by atoms with Crippen LogP contribution in [0.3, 0.4) is 0 Å². The topological polar surface area (TPSA) is 40.1 Å². The number of nitrogens with one attached hydrogen (secondary N) is 1. The van der Waals surface area contributed by atoms with Crippen LogP contribution in [0.25, 0.3) is 0 Å². The Labute approximate surface area is 161 Å². The molecule has 2 heterocycles. The summed E-state index contributed by atoms with van der Waals surface area (Å²) in [6, 6.07) is 21.6. The van der Waals surface area contributed by atoms with Crippen molar-refractivity contribution < 1.29 is 4.74 Å². The second-order valence-corrected chi connectivity index (χ2v) is 7.22. The van der Waals surface area contributed by atoms with Gasteiger partial charge in [0.15, 0.2) is 5.96 Å². The van der Waals surface area contributed by atoms with Crippen LogP contribution in [0.4, 0.5) is 0 Å². The molecule has 0 bridgehead atoms. The van der Waals surface area contributed by atoms with E-state index in [0.717, 1.165) is 45.3 Å². The SMILES string of the molecule is CN=C(NCc1ccccc1)N1CC2OCCN(Cc3ccccc3)C2C1. The molecule has 2 saturated heterocycles. The Bertz CT molecular complexity index is 749. The van der Waals surface area contributed by atoms with Crippen molar-refractivity contribution in [1.82, 2.24) is 15.1 Å². The van der Waals surface area contributed by atoms with Gasteiger partial charge in [-0.05, 0) is 11.1 Å². The number of ether oxygens (including phenoxy) is 1. The zero-order chi connectivity index (χ0) is 18.5. The number of hydrogen-bond donors (Lipinski definition) is 1. The van der Waals surface area contributed by atoms with Gasteiger partial charge in [0.25, 0.3) is 0 Å². The van der Waals surface area contributed by atoms with Gasteiger partial charge in [0.2, 0.25) is 0 Å². The standard InChI is InChI=1S/C22H28N4O/c1-23-22(24-14-18-8-4-2-5-9-18)26-16-20-21(17-26)27-13-12-25(20)15-19-10-6-3-7-11-19/h2-11,20-21H,12-17H2,1H3,(H,23,24). The molecular weight excluding hydrogens is 336 g/mol. The van der Waals surface area contributed by atoms with Crippen LogP contribution < -0.4 is 5.32 Å². The van der Waals surface area contributed by atoms with E-state index in [1.54, 1.807) is 0 Å². The van der Waals surface area contributed by atoms with E-state index in [4.69, 9.17) is 4.74 Å². The molecule has 5 heteroatoms. The normalized spacial score (nSPS) is 23.3. The second kappa shape index (κ2) is 8.55. The van der Waals surface area contributed by atoms with Crippen LogP contribution in [0, 0.1) is 0 Å². The van der Waals surface area contributed by atoms with Gasteiger partial charge in [-0.3, -0.25) is 9.89 Å². The number of guanidine groups is 1. The van der Waals surface area contributed by atoms with Crippen molar-refractivity contribution >= 4 is 5.96 Å². The zero-order valence-electron chi connectivity index (χ0n) is 15.9. The number of nitrogens with zero attached hydrogens (tertiary/aromatic N) is 3. The lowest BCUT2D eigenvalue weighted by molar-refractivity contribution is -0.0502. The molecule has 2 atom stereocenters. The third-order valence-corrected chi connectivity index (χ3v) is 5.45. The minimum absolute atomic E-state index is 0.248. The Balaban J connectivity index is 1.39. The summed E-state index contributed by atoms with van der Waals surface area (Å²) in [6.07, 6.45) is 0.248. The molecule has 0 saturated carbocycles. The minimum Gasteiger partial charge on any atom is -0.373 e. The molecule has 2 aliphatic rings. The summed E-state index contributed by atoms with van der Waals surface area (Å²) in [5.41, 5.74) is 2.63. The van der Waals surface area contributed by atoms with Crippen molar-refractivity contribution in [3.8, 4) is 0 Å². The predicted molar refractivity (Wildman–Crippen MR) is 109 cm³/mol. The third-order valence-electron chi connectivity index (χ3n) is 5.45. The molecule has 2 unspecified atom stereocenters. The lowest BCUT2D eigenvalue weighted by atomic mass is 10.1. The summed E-state index contributed by atoms with van der Waals surface area (Å²) in [6.45, 7) is 5.40. The first-order valence-corrected chi connectivity index (χ1v) is 9.72. The number of likely N-dealkylation sites (tertiary alicyclic amines) is 1. The summed E-state index contributed by atoms with van der Waals surface area (Å²) >= 11 is 0. The van der Waals surface area contributed by atoms with Gasteiger partial charge >= 0.3 is 0 Å². The van der Waals surface area contributed by atoms with Gasteiger partial charge in [0.1, 0.15) is 0 Å². The molecule has 4 rings (SSSR count). The minimum atomic E-state index is 0.248. The van der Waals surface area contributed by atoms with E-state index in [9.17, 15) is 0 Å². The Morgan fingerprint density at radius 3 is 2.44 bits per heavy atom. The lowest BCUT2D eigenvalue weighted by Crippen LogP contribution is -2.50. The first-order chi connectivity index (χ1) is 13.3. The number of benzene rings is 2. The molecule has 0 radical (unpaired) electrons. The maximum atomic E-state index is 6.09. The number of rotatable bonds is 4. The first kappa shape index (κ1) is 18.0. The van der Waals surface area contributed by atoms with E-state index in [-0.39, 0.29) is 6.10 Å². The van der Waals surface area contributed by atoms with Gasteiger partial charge < -0.3 is 15.0 Å². The molecule has 2 aromatic carbocycles. The molecule has 1 N–H and O–H groups in total. The van der Waals surface area contributed by atoms with Crippen molar-refractivity contribution in [3.05, 3.63) is 71.8 Å². The summed E-state index contributed by atoms with van der Waals surface area (Å²) < 4.78 is 6.09. The van der Waals surface area contributed by atoms with Gasteiger partial charge in [-0.25, -0.2) is 0 Å². The molecule has 27 heavy (non-hydrogen) atoms. The fourth-order valence-corrected chi connectivity index (χ4v) is 4.05. The molecule has 0 aliphatic carbocycles. The van der Waals surface area contributed by atoms with E-state index in [0.29, 0.717) is 6.04 Å². The van der Waals surface area contributed by atoms with Crippen molar-refractivity contribution in [3.63, 3.8) is 0 Å².